The molecule has 2 fully saturated rings. The van der Waals surface area contributed by atoms with Crippen LogP contribution in [0.2, 0.25) is 0 Å². The lowest BCUT2D eigenvalue weighted by atomic mass is 9.86. The third-order valence-electron chi connectivity index (χ3n) is 2.89. The summed E-state index contributed by atoms with van der Waals surface area (Å²) >= 11 is 0. The summed E-state index contributed by atoms with van der Waals surface area (Å²) in [6.07, 6.45) is 0.220. The van der Waals surface area contributed by atoms with Crippen LogP contribution in [0.1, 0.15) is 26.2 Å². The fraction of sp³-hybridized carbons (Fsp3) is 1.00. The fourth-order valence-corrected chi connectivity index (χ4v) is 2.21. The number of hydrogen-bond acceptors (Lipinski definition) is 4. The Morgan fingerprint density at radius 2 is 2.23 bits per heavy atom. The predicted molar refractivity (Wildman–Crippen MR) is 45.1 cm³/mol. The molecule has 0 amide bonds. The normalized spacial score (nSPS) is 49.6. The van der Waals surface area contributed by atoms with Gasteiger partial charge in [0.05, 0.1) is 12.7 Å². The van der Waals surface area contributed by atoms with Crippen LogP contribution in [-0.2, 0) is 9.47 Å². The molecule has 0 aromatic carbocycles. The summed E-state index contributed by atoms with van der Waals surface area (Å²) in [7, 11) is 0. The van der Waals surface area contributed by atoms with Crippen molar-refractivity contribution in [1.82, 2.24) is 0 Å². The summed E-state index contributed by atoms with van der Waals surface area (Å²) in [5.41, 5.74) is -0.642. The third-order valence-corrected chi connectivity index (χ3v) is 2.89. The van der Waals surface area contributed by atoms with E-state index in [1.165, 1.54) is 0 Å². The first-order valence-electron chi connectivity index (χ1n) is 4.83. The molecule has 2 bridgehead atoms. The van der Waals surface area contributed by atoms with Crippen LogP contribution in [0, 0.1) is 0 Å². The zero-order valence-electron chi connectivity index (χ0n) is 7.77. The molecule has 76 valence electrons. The minimum Gasteiger partial charge on any atom is -0.390 e. The van der Waals surface area contributed by atoms with Crippen LogP contribution in [0.5, 0.6) is 0 Å². The second kappa shape index (κ2) is 3.20. The molecular weight excluding hydrogens is 172 g/mol. The molecule has 0 spiro atoms. The van der Waals surface area contributed by atoms with E-state index in [9.17, 15) is 10.2 Å². The Morgan fingerprint density at radius 1 is 1.46 bits per heavy atom. The van der Waals surface area contributed by atoms with E-state index in [2.05, 4.69) is 0 Å². The van der Waals surface area contributed by atoms with Gasteiger partial charge < -0.3 is 19.7 Å². The number of rotatable bonds is 2. The Balaban J connectivity index is 2.15. The van der Waals surface area contributed by atoms with Crippen molar-refractivity contribution in [2.75, 3.05) is 6.61 Å². The lowest BCUT2D eigenvalue weighted by Crippen LogP contribution is -2.54. The first-order chi connectivity index (χ1) is 6.18. The predicted octanol–water partition coefficient (Wildman–Crippen LogP) is 0.0237. The first-order valence-corrected chi connectivity index (χ1v) is 4.83. The molecule has 4 atom stereocenters. The van der Waals surface area contributed by atoms with Crippen molar-refractivity contribution in [3.8, 4) is 0 Å². The lowest BCUT2D eigenvalue weighted by molar-refractivity contribution is -0.211. The van der Waals surface area contributed by atoms with Crippen molar-refractivity contribution in [3.63, 3.8) is 0 Å². The van der Waals surface area contributed by atoms with Crippen LogP contribution in [0.15, 0.2) is 0 Å². The molecule has 0 radical (unpaired) electrons. The van der Waals surface area contributed by atoms with Crippen LogP contribution in [0.25, 0.3) is 0 Å². The van der Waals surface area contributed by atoms with Crippen molar-refractivity contribution in [1.29, 1.82) is 0 Å². The maximum absolute atomic E-state index is 9.79. The Morgan fingerprint density at radius 3 is 2.92 bits per heavy atom. The minimum absolute atomic E-state index is 0.315. The highest BCUT2D eigenvalue weighted by Crippen LogP contribution is 2.39. The summed E-state index contributed by atoms with van der Waals surface area (Å²) in [4.78, 5) is 0. The van der Waals surface area contributed by atoms with Gasteiger partial charge in [0.15, 0.2) is 6.29 Å². The van der Waals surface area contributed by atoms with Crippen LogP contribution in [0.3, 0.4) is 0 Å². The Hall–Kier alpha value is -0.160. The maximum atomic E-state index is 9.79. The van der Waals surface area contributed by atoms with Gasteiger partial charge in [0.2, 0.25) is 0 Å². The van der Waals surface area contributed by atoms with E-state index in [-0.39, 0.29) is 6.29 Å². The van der Waals surface area contributed by atoms with Gasteiger partial charge in [0.25, 0.3) is 0 Å². The van der Waals surface area contributed by atoms with E-state index < -0.39 is 17.8 Å². The van der Waals surface area contributed by atoms with Gasteiger partial charge in [-0.05, 0) is 6.42 Å². The van der Waals surface area contributed by atoms with Crippen molar-refractivity contribution < 1.29 is 19.7 Å². The molecule has 0 aromatic heterocycles. The molecule has 2 rings (SSSR count). The molecular formula is C9H16O4. The second-order valence-corrected chi connectivity index (χ2v) is 3.92. The standard InChI is InChI=1S/C9H16O4/c1-2-3-9-5-12-7(13-9)4-6(10)8(9)11/h6-8,10-11H,2-5H2,1H3/t6?,7-,8?,9-/m0/s1. The molecule has 0 saturated carbocycles. The zero-order valence-corrected chi connectivity index (χ0v) is 7.77. The fourth-order valence-electron chi connectivity index (χ4n) is 2.21. The number of aliphatic hydroxyl groups is 2. The van der Waals surface area contributed by atoms with Gasteiger partial charge in [-0.2, -0.15) is 0 Å². The minimum atomic E-state index is -0.800. The highest BCUT2D eigenvalue weighted by Gasteiger charge is 2.53. The monoisotopic (exact) mass is 188 g/mol. The van der Waals surface area contributed by atoms with Gasteiger partial charge in [-0.25, -0.2) is 0 Å². The Labute approximate surface area is 77.5 Å². The zero-order chi connectivity index (χ0) is 9.47. The van der Waals surface area contributed by atoms with Gasteiger partial charge in [-0.15, -0.1) is 0 Å². The summed E-state index contributed by atoms with van der Waals surface area (Å²) in [6, 6.07) is 0. The van der Waals surface area contributed by atoms with Gasteiger partial charge in [0.1, 0.15) is 11.7 Å². The Kier molecular flexibility index (Phi) is 2.32. The van der Waals surface area contributed by atoms with Gasteiger partial charge in [0, 0.05) is 6.42 Å². The molecule has 0 aliphatic carbocycles. The molecule has 4 heteroatoms. The molecule has 2 N–H and O–H groups in total. The van der Waals surface area contributed by atoms with Gasteiger partial charge in [-0.3, -0.25) is 0 Å². The third kappa shape index (κ3) is 1.38. The van der Waals surface area contributed by atoms with E-state index in [1.54, 1.807) is 0 Å². The van der Waals surface area contributed by atoms with Crippen LogP contribution in [-0.4, -0.2) is 40.9 Å². The molecule has 13 heavy (non-hydrogen) atoms. The molecule has 2 aliphatic rings. The SMILES string of the molecule is CCC[C@]12CO[C@H](CC(O)C1O)O2. The summed E-state index contributed by atoms with van der Waals surface area (Å²) in [5.74, 6) is 0. The second-order valence-electron chi connectivity index (χ2n) is 3.92. The van der Waals surface area contributed by atoms with Crippen molar-refractivity contribution in [3.05, 3.63) is 0 Å². The highest BCUT2D eigenvalue weighted by atomic mass is 16.7. The quantitative estimate of drug-likeness (QED) is 0.641. The van der Waals surface area contributed by atoms with E-state index in [4.69, 9.17) is 9.47 Å². The lowest BCUT2D eigenvalue weighted by Gasteiger charge is -2.38. The molecule has 2 unspecified atom stereocenters. The maximum Gasteiger partial charge on any atom is 0.161 e. The molecule has 0 aromatic rings. The summed E-state index contributed by atoms with van der Waals surface area (Å²) in [5, 5.41) is 19.3. The molecule has 2 heterocycles. The molecule has 2 saturated heterocycles. The smallest absolute Gasteiger partial charge is 0.161 e. The van der Waals surface area contributed by atoms with Gasteiger partial charge >= 0.3 is 0 Å². The van der Waals surface area contributed by atoms with Crippen molar-refractivity contribution >= 4 is 0 Å². The van der Waals surface area contributed by atoms with E-state index in [1.807, 2.05) is 6.92 Å². The number of ether oxygens (including phenoxy) is 2. The van der Waals surface area contributed by atoms with Crippen molar-refractivity contribution in [2.45, 2.75) is 50.3 Å². The largest absolute Gasteiger partial charge is 0.390 e. The van der Waals surface area contributed by atoms with Crippen LogP contribution >= 0.6 is 0 Å². The first kappa shape index (κ1) is 9.40. The Bertz CT molecular complexity index is 192. The van der Waals surface area contributed by atoms with Crippen LogP contribution in [0.4, 0.5) is 0 Å². The van der Waals surface area contributed by atoms with Crippen molar-refractivity contribution in [2.24, 2.45) is 0 Å². The number of fused-ring (bicyclic) bond motifs is 2. The van der Waals surface area contributed by atoms with E-state index >= 15 is 0 Å². The average Bonchev–Trinajstić information content (AvgIpc) is 2.44. The average molecular weight is 188 g/mol. The molecule has 4 nitrogen and oxygen atoms in total. The van der Waals surface area contributed by atoms with E-state index in [0.717, 1.165) is 12.8 Å². The summed E-state index contributed by atoms with van der Waals surface area (Å²) in [6.45, 7) is 2.43. The topological polar surface area (TPSA) is 58.9 Å². The van der Waals surface area contributed by atoms with Crippen LogP contribution < -0.4 is 0 Å². The van der Waals surface area contributed by atoms with Gasteiger partial charge in [-0.1, -0.05) is 13.3 Å². The highest BCUT2D eigenvalue weighted by molar-refractivity contribution is 4.99. The number of hydrogen-bond donors (Lipinski definition) is 2. The summed E-state index contributed by atoms with van der Waals surface area (Å²) < 4.78 is 10.9. The number of aliphatic hydroxyl groups excluding tert-OH is 2. The molecule has 2 aliphatic heterocycles. The van der Waals surface area contributed by atoms with E-state index in [0.29, 0.717) is 13.0 Å².